The molecule has 0 saturated carbocycles. The second-order valence-electron chi connectivity index (χ2n) is 8.17. The molecule has 1 aliphatic heterocycles. The van der Waals surface area contributed by atoms with Crippen LogP contribution in [0, 0.1) is 24.0 Å². The number of thiazole rings is 1. The molecule has 1 atom stereocenters. The molecule has 0 fully saturated rings. The number of hydrogen-bond donors (Lipinski definition) is 1. The summed E-state index contributed by atoms with van der Waals surface area (Å²) in [7, 11) is 0. The summed E-state index contributed by atoms with van der Waals surface area (Å²) >= 11 is 1.11. The Morgan fingerprint density at radius 3 is 2.69 bits per heavy atom. The Bertz CT molecular complexity index is 1580. The molecule has 35 heavy (non-hydrogen) atoms. The van der Waals surface area contributed by atoms with E-state index in [1.165, 1.54) is 10.6 Å². The Morgan fingerprint density at radius 1 is 1.26 bits per heavy atom. The number of allylic oxidation sites excluding steroid dienone is 1. The first kappa shape index (κ1) is 24.1. The first-order valence-corrected chi connectivity index (χ1v) is 11.7. The predicted octanol–water partition coefficient (Wildman–Crippen LogP) is 3.03. The maximum atomic E-state index is 13.6. The number of esters is 1. The Hall–Kier alpha value is -4.05. The van der Waals surface area contributed by atoms with Gasteiger partial charge in [-0.2, -0.15) is 0 Å². The van der Waals surface area contributed by atoms with Crippen molar-refractivity contribution < 1.29 is 19.6 Å². The van der Waals surface area contributed by atoms with E-state index in [9.17, 15) is 24.8 Å². The van der Waals surface area contributed by atoms with Crippen LogP contribution in [0.3, 0.4) is 0 Å². The van der Waals surface area contributed by atoms with Crippen molar-refractivity contribution in [3.8, 4) is 5.75 Å². The molecule has 0 unspecified atom stereocenters. The standard InChI is InChI=1S/C25H23N3O6S/c1-5-34-24(31)21-15(4)26-25-27(22(21)16-8-7-14(3)18(11-16)28(32)33)23(30)20(35-25)12-17-10-13(2)6-9-19(17)29/h6-12,22,29H,5H2,1-4H3/b20-12+/t22-/m1/s1. The average molecular weight is 494 g/mol. The number of carbonyl (C=O) groups is 1. The molecule has 2 aromatic carbocycles. The van der Waals surface area contributed by atoms with Crippen molar-refractivity contribution in [2.24, 2.45) is 4.99 Å². The molecule has 2 heterocycles. The number of rotatable bonds is 5. The maximum Gasteiger partial charge on any atom is 0.338 e. The number of hydrogen-bond acceptors (Lipinski definition) is 8. The van der Waals surface area contributed by atoms with Gasteiger partial charge < -0.3 is 9.84 Å². The molecular formula is C25H23N3O6S. The van der Waals surface area contributed by atoms with Gasteiger partial charge in [0.05, 0.1) is 33.4 Å². The molecule has 4 rings (SSSR count). The van der Waals surface area contributed by atoms with Crippen LogP contribution in [-0.4, -0.2) is 27.2 Å². The topological polar surface area (TPSA) is 124 Å². The molecule has 0 spiro atoms. The molecule has 180 valence electrons. The van der Waals surface area contributed by atoms with Gasteiger partial charge in [0.25, 0.3) is 11.2 Å². The van der Waals surface area contributed by atoms with Gasteiger partial charge in [0, 0.05) is 17.2 Å². The van der Waals surface area contributed by atoms with E-state index in [0.29, 0.717) is 31.7 Å². The number of nitro benzene ring substituents is 1. The Balaban J connectivity index is 2.01. The second kappa shape index (κ2) is 9.30. The summed E-state index contributed by atoms with van der Waals surface area (Å²) in [6.45, 7) is 6.93. The number of carbonyl (C=O) groups excluding carboxylic acids is 1. The van der Waals surface area contributed by atoms with Crippen molar-refractivity contribution in [2.45, 2.75) is 33.7 Å². The number of aromatic nitrogens is 1. The minimum Gasteiger partial charge on any atom is -0.507 e. The molecule has 0 bridgehead atoms. The van der Waals surface area contributed by atoms with Crippen molar-refractivity contribution in [1.29, 1.82) is 0 Å². The highest BCUT2D eigenvalue weighted by molar-refractivity contribution is 7.07. The summed E-state index contributed by atoms with van der Waals surface area (Å²) in [6, 6.07) is 8.73. The maximum absolute atomic E-state index is 13.6. The van der Waals surface area contributed by atoms with Crippen LogP contribution in [0.4, 0.5) is 5.69 Å². The van der Waals surface area contributed by atoms with Crippen LogP contribution in [0.2, 0.25) is 0 Å². The molecule has 1 N–H and O–H groups in total. The zero-order valence-corrected chi connectivity index (χ0v) is 20.4. The van der Waals surface area contributed by atoms with Gasteiger partial charge in [0.2, 0.25) is 0 Å². The SMILES string of the molecule is CCOC(=O)C1=C(C)N=c2s/c(=C/c3cc(C)ccc3O)c(=O)n2[C@@H]1c1ccc(C)c([N+](=O)[O-])c1. The molecule has 0 aliphatic carbocycles. The van der Waals surface area contributed by atoms with Gasteiger partial charge in [-0.25, -0.2) is 9.79 Å². The summed E-state index contributed by atoms with van der Waals surface area (Å²) in [5.74, 6) is -0.622. The van der Waals surface area contributed by atoms with E-state index in [2.05, 4.69) is 4.99 Å². The summed E-state index contributed by atoms with van der Waals surface area (Å²) in [6.07, 6.45) is 1.57. The van der Waals surface area contributed by atoms with Crippen LogP contribution in [0.15, 0.2) is 57.5 Å². The molecule has 9 nitrogen and oxygen atoms in total. The number of phenolic OH excluding ortho intramolecular Hbond substituents is 1. The Morgan fingerprint density at radius 2 is 2.00 bits per heavy atom. The van der Waals surface area contributed by atoms with E-state index in [1.807, 2.05) is 6.92 Å². The lowest BCUT2D eigenvalue weighted by atomic mass is 9.94. The van der Waals surface area contributed by atoms with E-state index in [1.54, 1.807) is 57.2 Å². The van der Waals surface area contributed by atoms with Gasteiger partial charge in [0.15, 0.2) is 4.80 Å². The number of aromatic hydroxyl groups is 1. The number of aryl methyl sites for hydroxylation is 2. The molecule has 1 aromatic heterocycles. The smallest absolute Gasteiger partial charge is 0.338 e. The van der Waals surface area contributed by atoms with Crippen molar-refractivity contribution in [1.82, 2.24) is 4.57 Å². The predicted molar refractivity (Wildman–Crippen MR) is 131 cm³/mol. The fourth-order valence-electron chi connectivity index (χ4n) is 4.03. The van der Waals surface area contributed by atoms with Crippen LogP contribution in [0.1, 0.15) is 42.1 Å². The van der Waals surface area contributed by atoms with Crippen molar-refractivity contribution in [2.75, 3.05) is 6.61 Å². The van der Waals surface area contributed by atoms with Crippen molar-refractivity contribution in [3.05, 3.63) is 99.7 Å². The number of nitro groups is 1. The lowest BCUT2D eigenvalue weighted by Crippen LogP contribution is -2.40. The van der Waals surface area contributed by atoms with Gasteiger partial charge in [-0.3, -0.25) is 19.5 Å². The highest BCUT2D eigenvalue weighted by Gasteiger charge is 2.34. The molecule has 1 aliphatic rings. The number of ether oxygens (including phenoxy) is 1. The monoisotopic (exact) mass is 493 g/mol. The van der Waals surface area contributed by atoms with Crippen LogP contribution in [-0.2, 0) is 9.53 Å². The summed E-state index contributed by atoms with van der Waals surface area (Å²) in [4.78, 5) is 42.5. The highest BCUT2D eigenvalue weighted by Crippen LogP contribution is 2.33. The lowest BCUT2D eigenvalue weighted by molar-refractivity contribution is -0.385. The fraction of sp³-hybridized carbons (Fsp3) is 0.240. The zero-order valence-electron chi connectivity index (χ0n) is 19.6. The lowest BCUT2D eigenvalue weighted by Gasteiger charge is -2.24. The van der Waals surface area contributed by atoms with Gasteiger partial charge in [-0.1, -0.05) is 35.1 Å². The first-order chi connectivity index (χ1) is 16.6. The number of benzene rings is 2. The van der Waals surface area contributed by atoms with Crippen LogP contribution < -0.4 is 14.9 Å². The highest BCUT2D eigenvalue weighted by atomic mass is 32.1. The zero-order chi connectivity index (χ0) is 25.4. The minimum absolute atomic E-state index is 0.0236. The van der Waals surface area contributed by atoms with E-state index in [0.717, 1.165) is 16.9 Å². The number of nitrogens with zero attached hydrogens (tertiary/aromatic N) is 3. The van der Waals surface area contributed by atoms with Crippen molar-refractivity contribution >= 4 is 29.1 Å². The van der Waals surface area contributed by atoms with Crippen LogP contribution in [0.5, 0.6) is 5.75 Å². The molecular weight excluding hydrogens is 470 g/mol. The average Bonchev–Trinajstić information content (AvgIpc) is 3.10. The third kappa shape index (κ3) is 4.40. The Kier molecular flexibility index (Phi) is 6.40. The molecule has 0 amide bonds. The summed E-state index contributed by atoms with van der Waals surface area (Å²) < 4.78 is 6.91. The molecule has 3 aromatic rings. The van der Waals surface area contributed by atoms with E-state index in [4.69, 9.17) is 4.74 Å². The molecule has 0 saturated heterocycles. The third-order valence-corrected chi connectivity index (χ3v) is 6.72. The van der Waals surface area contributed by atoms with E-state index >= 15 is 0 Å². The van der Waals surface area contributed by atoms with Gasteiger partial charge in [-0.15, -0.1) is 0 Å². The normalized spacial score (nSPS) is 15.5. The number of phenols is 1. The van der Waals surface area contributed by atoms with Gasteiger partial charge in [0.1, 0.15) is 5.75 Å². The quantitative estimate of drug-likeness (QED) is 0.331. The van der Waals surface area contributed by atoms with E-state index in [-0.39, 0.29) is 23.6 Å². The Labute approximate surface area is 204 Å². The fourth-order valence-corrected chi connectivity index (χ4v) is 5.07. The summed E-state index contributed by atoms with van der Waals surface area (Å²) in [5.41, 5.74) is 2.19. The first-order valence-electron chi connectivity index (χ1n) is 10.9. The van der Waals surface area contributed by atoms with Crippen molar-refractivity contribution in [3.63, 3.8) is 0 Å². The second-order valence-corrected chi connectivity index (χ2v) is 9.18. The minimum atomic E-state index is -0.960. The third-order valence-electron chi connectivity index (χ3n) is 5.73. The molecule has 0 radical (unpaired) electrons. The summed E-state index contributed by atoms with van der Waals surface area (Å²) in [5, 5.41) is 21.9. The molecule has 10 heteroatoms. The van der Waals surface area contributed by atoms with Gasteiger partial charge >= 0.3 is 5.97 Å². The van der Waals surface area contributed by atoms with E-state index < -0.39 is 22.5 Å². The van der Waals surface area contributed by atoms with Crippen LogP contribution in [0.25, 0.3) is 6.08 Å². The van der Waals surface area contributed by atoms with Gasteiger partial charge in [-0.05, 0) is 51.5 Å². The number of fused-ring (bicyclic) bond motifs is 1. The van der Waals surface area contributed by atoms with Crippen LogP contribution >= 0.6 is 11.3 Å². The largest absolute Gasteiger partial charge is 0.507 e.